The molecule has 0 spiro atoms. The molecule has 0 saturated carbocycles. The number of rotatable bonds is 8. The number of nitrogens with one attached hydrogen (secondary N) is 2. The van der Waals surface area contributed by atoms with Crippen molar-refractivity contribution in [1.82, 2.24) is 5.32 Å². The second-order valence-electron chi connectivity index (χ2n) is 6.47. The number of amides is 1. The van der Waals surface area contributed by atoms with E-state index >= 15 is 0 Å². The quantitative estimate of drug-likeness (QED) is 0.754. The Morgan fingerprint density at radius 2 is 1.92 bits per heavy atom. The van der Waals surface area contributed by atoms with E-state index in [-0.39, 0.29) is 12.5 Å². The van der Waals surface area contributed by atoms with Crippen LogP contribution in [0.2, 0.25) is 5.02 Å². The van der Waals surface area contributed by atoms with Gasteiger partial charge in [-0.3, -0.25) is 4.79 Å². The molecule has 2 rings (SSSR count). The summed E-state index contributed by atoms with van der Waals surface area (Å²) >= 11 is 5.92. The van der Waals surface area contributed by atoms with Gasteiger partial charge in [0, 0.05) is 11.4 Å². The van der Waals surface area contributed by atoms with Gasteiger partial charge in [0.25, 0.3) is 5.91 Å². The van der Waals surface area contributed by atoms with Crippen molar-refractivity contribution in [1.29, 1.82) is 0 Å². The topological polar surface area (TPSA) is 42.8 Å². The molecule has 0 bridgehead atoms. The van der Waals surface area contributed by atoms with Crippen molar-refractivity contribution in [3.8, 4) is 5.75 Å². The lowest BCUT2D eigenvalue weighted by Crippen LogP contribution is -3.11. The smallest absolute Gasteiger partial charge is 0.258 e. The van der Waals surface area contributed by atoms with Crippen LogP contribution in [0, 0.1) is 6.92 Å². The number of quaternary nitrogens is 1. The van der Waals surface area contributed by atoms with Crippen LogP contribution in [0.4, 0.5) is 0 Å². The molecule has 0 aromatic heterocycles. The number of hydrogen-bond donors (Lipinski definition) is 2. The Kier molecular flexibility index (Phi) is 7.29. The van der Waals surface area contributed by atoms with E-state index in [1.165, 1.54) is 10.5 Å². The first kappa shape index (κ1) is 19.3. The van der Waals surface area contributed by atoms with Gasteiger partial charge in [0.1, 0.15) is 11.8 Å². The number of benzene rings is 2. The Balaban J connectivity index is 1.82. The van der Waals surface area contributed by atoms with Crippen molar-refractivity contribution in [3.63, 3.8) is 0 Å². The highest BCUT2D eigenvalue weighted by Crippen LogP contribution is 2.21. The normalized spacial score (nSPS) is 12.0. The second kappa shape index (κ2) is 9.44. The zero-order valence-electron chi connectivity index (χ0n) is 15.0. The first-order valence-electron chi connectivity index (χ1n) is 8.45. The van der Waals surface area contributed by atoms with Crippen LogP contribution in [-0.2, 0) is 11.2 Å². The monoisotopic (exact) mass is 361 g/mol. The van der Waals surface area contributed by atoms with Crippen molar-refractivity contribution in [2.45, 2.75) is 19.4 Å². The van der Waals surface area contributed by atoms with E-state index in [0.29, 0.717) is 23.4 Å². The van der Waals surface area contributed by atoms with Gasteiger partial charge < -0.3 is 15.0 Å². The van der Waals surface area contributed by atoms with E-state index in [1.54, 1.807) is 12.1 Å². The van der Waals surface area contributed by atoms with Gasteiger partial charge in [-0.25, -0.2) is 0 Å². The molecule has 0 heterocycles. The van der Waals surface area contributed by atoms with Crippen LogP contribution in [0.3, 0.4) is 0 Å². The maximum absolute atomic E-state index is 12.1. The summed E-state index contributed by atoms with van der Waals surface area (Å²) in [6, 6.07) is 16.0. The fourth-order valence-corrected chi connectivity index (χ4v) is 2.81. The molecule has 0 aliphatic rings. The first-order valence-corrected chi connectivity index (χ1v) is 8.83. The molecule has 0 saturated heterocycles. The zero-order chi connectivity index (χ0) is 18.2. The lowest BCUT2D eigenvalue weighted by atomic mass is 10.1. The fraction of sp³-hybridized carbons (Fsp3) is 0.350. The lowest BCUT2D eigenvalue weighted by molar-refractivity contribution is -0.884. The van der Waals surface area contributed by atoms with E-state index in [1.807, 2.05) is 31.2 Å². The zero-order valence-corrected chi connectivity index (χ0v) is 15.8. The van der Waals surface area contributed by atoms with E-state index in [4.69, 9.17) is 16.3 Å². The highest BCUT2D eigenvalue weighted by atomic mass is 35.5. The van der Waals surface area contributed by atoms with Crippen molar-refractivity contribution in [2.24, 2.45) is 0 Å². The van der Waals surface area contributed by atoms with Gasteiger partial charge in [0.15, 0.2) is 6.61 Å². The van der Waals surface area contributed by atoms with Gasteiger partial charge >= 0.3 is 0 Å². The molecule has 134 valence electrons. The minimum atomic E-state index is -0.117. The summed E-state index contributed by atoms with van der Waals surface area (Å²) in [5, 5.41) is 3.63. The molecule has 2 aromatic carbocycles. The number of likely N-dealkylation sites (N-methyl/N-ethyl adjacent to an activating group) is 1. The number of hydrogen-bond acceptors (Lipinski definition) is 2. The Morgan fingerprint density at radius 1 is 1.20 bits per heavy atom. The second-order valence-corrected chi connectivity index (χ2v) is 6.90. The van der Waals surface area contributed by atoms with Gasteiger partial charge in [-0.2, -0.15) is 0 Å². The average Bonchev–Trinajstić information content (AvgIpc) is 2.58. The summed E-state index contributed by atoms with van der Waals surface area (Å²) < 4.78 is 5.59. The van der Waals surface area contributed by atoms with Crippen LogP contribution in [-0.4, -0.2) is 39.2 Å². The third-order valence-electron chi connectivity index (χ3n) is 4.18. The fourth-order valence-electron chi connectivity index (χ4n) is 2.59. The van der Waals surface area contributed by atoms with Crippen molar-refractivity contribution in [2.75, 3.05) is 27.2 Å². The summed E-state index contributed by atoms with van der Waals surface area (Å²) in [4.78, 5) is 13.4. The summed E-state index contributed by atoms with van der Waals surface area (Å²) in [5.41, 5.74) is 2.19. The number of carbonyl (C=O) groups is 1. The van der Waals surface area contributed by atoms with Crippen molar-refractivity contribution < 1.29 is 14.4 Å². The molecule has 4 nitrogen and oxygen atoms in total. The van der Waals surface area contributed by atoms with E-state index in [2.05, 4.69) is 31.5 Å². The third-order valence-corrected chi connectivity index (χ3v) is 4.42. The van der Waals surface area contributed by atoms with Gasteiger partial charge in [-0.05, 0) is 36.2 Å². The molecule has 1 amide bonds. The molecule has 1 atom stereocenters. The van der Waals surface area contributed by atoms with Gasteiger partial charge in [-0.1, -0.05) is 41.9 Å². The van der Waals surface area contributed by atoms with Crippen LogP contribution >= 0.6 is 11.6 Å². The van der Waals surface area contributed by atoms with Gasteiger partial charge in [-0.15, -0.1) is 0 Å². The Bertz CT molecular complexity index is 689. The van der Waals surface area contributed by atoms with Crippen LogP contribution in [0.25, 0.3) is 0 Å². The van der Waals surface area contributed by atoms with Crippen molar-refractivity contribution in [3.05, 3.63) is 64.7 Å². The number of ether oxygens (including phenoxy) is 1. The van der Waals surface area contributed by atoms with Crippen molar-refractivity contribution >= 4 is 17.5 Å². The van der Waals surface area contributed by atoms with Crippen LogP contribution in [0.5, 0.6) is 5.75 Å². The largest absolute Gasteiger partial charge is 0.484 e. The minimum absolute atomic E-state index is 0.00327. The average molecular weight is 362 g/mol. The predicted molar refractivity (Wildman–Crippen MR) is 101 cm³/mol. The van der Waals surface area contributed by atoms with E-state index in [0.717, 1.165) is 12.0 Å². The summed E-state index contributed by atoms with van der Waals surface area (Å²) in [7, 11) is 4.21. The van der Waals surface area contributed by atoms with E-state index in [9.17, 15) is 4.79 Å². The maximum atomic E-state index is 12.1. The number of halogens is 1. The van der Waals surface area contributed by atoms with Crippen LogP contribution in [0.15, 0.2) is 48.5 Å². The third kappa shape index (κ3) is 6.40. The molecule has 5 heteroatoms. The van der Waals surface area contributed by atoms with Gasteiger partial charge in [0.2, 0.25) is 0 Å². The van der Waals surface area contributed by atoms with Crippen LogP contribution < -0.4 is 15.0 Å². The van der Waals surface area contributed by atoms with Gasteiger partial charge in [0.05, 0.1) is 20.6 Å². The summed E-state index contributed by atoms with van der Waals surface area (Å²) in [5.74, 6) is 0.562. The number of aryl methyl sites for hydroxylation is 1. The Hall–Kier alpha value is -2.04. The molecule has 0 radical (unpaired) electrons. The molecule has 0 aliphatic heterocycles. The molecule has 0 fully saturated rings. The highest BCUT2D eigenvalue weighted by Gasteiger charge is 2.17. The van der Waals surface area contributed by atoms with Crippen LogP contribution in [0.1, 0.15) is 11.1 Å². The Labute approximate surface area is 154 Å². The molecule has 2 N–H and O–H groups in total. The highest BCUT2D eigenvalue weighted by molar-refractivity contribution is 6.30. The molecule has 2 aromatic rings. The van der Waals surface area contributed by atoms with E-state index < -0.39 is 0 Å². The minimum Gasteiger partial charge on any atom is -0.484 e. The summed E-state index contributed by atoms with van der Waals surface area (Å²) in [6.07, 6.45) is 0.917. The molecule has 25 heavy (non-hydrogen) atoms. The standard InChI is InChI=1S/C20H25ClN2O2/c1-15-11-17(21)9-10-19(15)25-14-20(24)22-13-18(23(2)3)12-16-7-5-4-6-8-16/h4-11,18H,12-14H2,1-3H3,(H,22,24)/p+1/t18-/m0/s1. The lowest BCUT2D eigenvalue weighted by Gasteiger charge is -2.22. The molecular formula is C20H26ClN2O2+. The first-order chi connectivity index (χ1) is 12.0. The molecule has 0 unspecified atom stereocenters. The maximum Gasteiger partial charge on any atom is 0.258 e. The summed E-state index contributed by atoms with van der Waals surface area (Å²) in [6.45, 7) is 2.52. The molecular weight excluding hydrogens is 336 g/mol. The SMILES string of the molecule is Cc1cc(Cl)ccc1OCC(=O)NC[C@H](Cc1ccccc1)[NH+](C)C. The molecule has 0 aliphatic carbocycles. The Morgan fingerprint density at radius 3 is 2.56 bits per heavy atom. The number of carbonyl (C=O) groups excluding carboxylic acids is 1. The predicted octanol–water partition coefficient (Wildman–Crippen LogP) is 1.90.